The molecule has 1 heterocycles. The summed E-state index contributed by atoms with van der Waals surface area (Å²) in [4.78, 5) is 2.30. The summed E-state index contributed by atoms with van der Waals surface area (Å²) < 4.78 is 0. The summed E-state index contributed by atoms with van der Waals surface area (Å²) in [6.07, 6.45) is 21.2. The van der Waals surface area contributed by atoms with E-state index in [4.69, 9.17) is 0 Å². The smallest absolute Gasteiger partial charge is 0.0521 e. The number of allylic oxidation sites excluding steroid dienone is 11. The van der Waals surface area contributed by atoms with E-state index in [9.17, 15) is 0 Å². The van der Waals surface area contributed by atoms with Crippen LogP contribution in [0.2, 0.25) is 0 Å². The fourth-order valence-electron chi connectivity index (χ4n) is 3.49. The zero-order chi connectivity index (χ0) is 18.6. The van der Waals surface area contributed by atoms with Gasteiger partial charge in [-0.25, -0.2) is 0 Å². The molecule has 0 aromatic heterocycles. The average Bonchev–Trinajstić information content (AvgIpc) is 2.57. The predicted molar refractivity (Wildman–Crippen MR) is 111 cm³/mol. The molecule has 2 atom stereocenters. The number of nitrogens with zero attached hydrogens (tertiary/aromatic N) is 1. The van der Waals surface area contributed by atoms with E-state index < -0.39 is 0 Å². The van der Waals surface area contributed by atoms with Crippen molar-refractivity contribution in [2.24, 2.45) is 11.3 Å². The highest BCUT2D eigenvalue weighted by Gasteiger charge is 2.27. The lowest BCUT2D eigenvalue weighted by molar-refractivity contribution is 0.212. The van der Waals surface area contributed by atoms with Gasteiger partial charge in [-0.2, -0.15) is 0 Å². The molecule has 0 N–H and O–H groups in total. The van der Waals surface area contributed by atoms with Gasteiger partial charge >= 0.3 is 0 Å². The quantitative estimate of drug-likeness (QED) is 0.540. The molecule has 0 saturated carbocycles. The highest BCUT2D eigenvalue weighted by Crippen LogP contribution is 2.32. The Morgan fingerprint density at radius 2 is 2.00 bits per heavy atom. The summed E-state index contributed by atoms with van der Waals surface area (Å²) in [7, 11) is 2.15. The maximum Gasteiger partial charge on any atom is 0.0521 e. The van der Waals surface area contributed by atoms with Crippen molar-refractivity contribution in [3.63, 3.8) is 0 Å². The molecule has 0 amide bonds. The van der Waals surface area contributed by atoms with Crippen LogP contribution < -0.4 is 0 Å². The van der Waals surface area contributed by atoms with Crippen molar-refractivity contribution >= 4 is 0 Å². The molecule has 134 valence electrons. The molecule has 0 aromatic carbocycles. The molecule has 1 nitrogen and oxygen atoms in total. The van der Waals surface area contributed by atoms with E-state index in [2.05, 4.69) is 102 Å². The Bertz CT molecular complexity index is 686. The van der Waals surface area contributed by atoms with Crippen LogP contribution in [0.25, 0.3) is 0 Å². The molecule has 25 heavy (non-hydrogen) atoms. The maximum atomic E-state index is 4.06. The van der Waals surface area contributed by atoms with Crippen LogP contribution in [0.1, 0.15) is 41.0 Å². The van der Waals surface area contributed by atoms with Gasteiger partial charge in [-0.3, -0.25) is 0 Å². The summed E-state index contributed by atoms with van der Waals surface area (Å²) in [5, 5.41) is 0. The van der Waals surface area contributed by atoms with Crippen molar-refractivity contribution in [2.75, 3.05) is 7.05 Å². The summed E-state index contributed by atoms with van der Waals surface area (Å²) in [6, 6.07) is 0.392. The monoisotopic (exact) mass is 335 g/mol. The van der Waals surface area contributed by atoms with Gasteiger partial charge in [0.05, 0.1) is 6.04 Å². The van der Waals surface area contributed by atoms with Gasteiger partial charge in [0, 0.05) is 13.0 Å². The first-order valence-electron chi connectivity index (χ1n) is 9.24. The molecule has 0 spiro atoms. The summed E-state index contributed by atoms with van der Waals surface area (Å²) in [6.45, 7) is 15.2. The van der Waals surface area contributed by atoms with Crippen molar-refractivity contribution in [3.05, 3.63) is 83.7 Å². The minimum Gasteiger partial charge on any atom is -0.373 e. The van der Waals surface area contributed by atoms with Crippen LogP contribution in [0, 0.1) is 11.3 Å². The zero-order valence-corrected chi connectivity index (χ0v) is 16.7. The molecule has 1 aliphatic carbocycles. The SMILES string of the molecule is C=C/C(=C\C(=C/C)C1=CC(C(C)(C)C)N(C)C=C1)C1C=CC(C)=CC1. The van der Waals surface area contributed by atoms with Gasteiger partial charge in [-0.05, 0) is 54.7 Å². The van der Waals surface area contributed by atoms with Crippen LogP contribution >= 0.6 is 0 Å². The van der Waals surface area contributed by atoms with Gasteiger partial charge in [0.25, 0.3) is 0 Å². The fourth-order valence-corrected chi connectivity index (χ4v) is 3.49. The fraction of sp³-hybridized carbons (Fsp3) is 0.417. The Balaban J connectivity index is 2.31. The first kappa shape index (κ1) is 19.3. The lowest BCUT2D eigenvalue weighted by Crippen LogP contribution is -2.38. The molecule has 0 aromatic rings. The maximum absolute atomic E-state index is 4.06. The van der Waals surface area contributed by atoms with Crippen molar-refractivity contribution in [1.82, 2.24) is 4.90 Å². The van der Waals surface area contributed by atoms with Crippen molar-refractivity contribution < 1.29 is 0 Å². The van der Waals surface area contributed by atoms with Gasteiger partial charge < -0.3 is 4.90 Å². The second-order valence-electron chi connectivity index (χ2n) is 8.16. The average molecular weight is 336 g/mol. The highest BCUT2D eigenvalue weighted by molar-refractivity contribution is 5.51. The zero-order valence-electron chi connectivity index (χ0n) is 16.7. The molecule has 0 fully saturated rings. The van der Waals surface area contributed by atoms with E-state index in [1.807, 2.05) is 6.08 Å². The summed E-state index contributed by atoms with van der Waals surface area (Å²) in [5.74, 6) is 0.422. The number of likely N-dealkylation sites (N-methyl/N-ethyl adjacent to an activating group) is 1. The lowest BCUT2D eigenvalue weighted by atomic mass is 9.82. The third-order valence-electron chi connectivity index (χ3n) is 5.07. The third kappa shape index (κ3) is 4.75. The standard InChI is InChI=1S/C24H33N/c1-8-19(21-12-10-18(3)11-13-21)16-20(9-2)22-14-15-25(7)23(17-22)24(4,5)6/h8-12,14-17,21,23H,1,13H2,2-7H3/b19-16+,20-9+. The van der Waals surface area contributed by atoms with E-state index >= 15 is 0 Å². The second kappa shape index (κ2) is 7.91. The molecule has 1 heteroatoms. The minimum absolute atomic E-state index is 0.197. The molecular formula is C24H33N. The Morgan fingerprint density at radius 3 is 2.52 bits per heavy atom. The molecule has 0 saturated heterocycles. The van der Waals surface area contributed by atoms with Gasteiger partial charge in [-0.15, -0.1) is 0 Å². The van der Waals surface area contributed by atoms with Gasteiger partial charge in [0.1, 0.15) is 0 Å². The molecule has 0 radical (unpaired) electrons. The van der Waals surface area contributed by atoms with Gasteiger partial charge in [0.15, 0.2) is 0 Å². The lowest BCUT2D eigenvalue weighted by Gasteiger charge is -2.38. The van der Waals surface area contributed by atoms with E-state index in [0.29, 0.717) is 12.0 Å². The van der Waals surface area contributed by atoms with Crippen molar-refractivity contribution in [3.8, 4) is 0 Å². The Labute approximate surface area is 154 Å². The van der Waals surface area contributed by atoms with Crippen LogP contribution in [-0.2, 0) is 0 Å². The largest absolute Gasteiger partial charge is 0.373 e. The van der Waals surface area contributed by atoms with Gasteiger partial charge in [0.2, 0.25) is 0 Å². The predicted octanol–water partition coefficient (Wildman–Crippen LogP) is 6.37. The van der Waals surface area contributed by atoms with Crippen molar-refractivity contribution in [2.45, 2.75) is 47.1 Å². The van der Waals surface area contributed by atoms with E-state index in [1.165, 1.54) is 22.3 Å². The molecule has 2 rings (SSSR count). The topological polar surface area (TPSA) is 3.24 Å². The molecule has 1 aliphatic heterocycles. The van der Waals surface area contributed by atoms with E-state index in [1.54, 1.807) is 0 Å². The second-order valence-corrected chi connectivity index (χ2v) is 8.16. The van der Waals surface area contributed by atoms with Crippen LogP contribution in [0.3, 0.4) is 0 Å². The normalized spacial score (nSPS) is 25.0. The first-order valence-corrected chi connectivity index (χ1v) is 9.24. The number of hydrogen-bond donors (Lipinski definition) is 0. The van der Waals surface area contributed by atoms with E-state index in [0.717, 1.165) is 6.42 Å². The molecular weight excluding hydrogens is 302 g/mol. The molecule has 0 bridgehead atoms. The highest BCUT2D eigenvalue weighted by atomic mass is 15.1. The summed E-state index contributed by atoms with van der Waals surface area (Å²) >= 11 is 0. The minimum atomic E-state index is 0.197. The Hall–Kier alpha value is -2.02. The van der Waals surface area contributed by atoms with Crippen LogP contribution in [-0.4, -0.2) is 18.0 Å². The van der Waals surface area contributed by atoms with Crippen LogP contribution in [0.5, 0.6) is 0 Å². The Kier molecular flexibility index (Phi) is 6.11. The summed E-state index contributed by atoms with van der Waals surface area (Å²) in [5.41, 5.74) is 5.40. The number of rotatable bonds is 4. The van der Waals surface area contributed by atoms with Crippen molar-refractivity contribution in [1.29, 1.82) is 0 Å². The van der Waals surface area contributed by atoms with Crippen LogP contribution in [0.4, 0.5) is 0 Å². The third-order valence-corrected chi connectivity index (χ3v) is 5.07. The first-order chi connectivity index (χ1) is 11.8. The van der Waals surface area contributed by atoms with E-state index in [-0.39, 0.29) is 5.41 Å². The molecule has 2 unspecified atom stereocenters. The number of hydrogen-bond acceptors (Lipinski definition) is 1. The van der Waals surface area contributed by atoms with Crippen LogP contribution in [0.15, 0.2) is 83.7 Å². The molecule has 2 aliphatic rings. The Morgan fingerprint density at radius 1 is 1.28 bits per heavy atom. The van der Waals surface area contributed by atoms with Gasteiger partial charge in [-0.1, -0.05) is 75.5 Å².